The molecular weight excluding hydrogens is 349 g/mol. The van der Waals surface area contributed by atoms with Crippen molar-refractivity contribution in [3.8, 4) is 0 Å². The van der Waals surface area contributed by atoms with Crippen LogP contribution in [0.4, 0.5) is 10.5 Å². The van der Waals surface area contributed by atoms with Crippen molar-refractivity contribution < 1.29 is 19.6 Å². The maximum Gasteiger partial charge on any atom is 0.488 e. The lowest BCUT2D eigenvalue weighted by Gasteiger charge is -2.37. The smallest absolute Gasteiger partial charge is 0.444 e. The van der Waals surface area contributed by atoms with Gasteiger partial charge in [0, 0.05) is 36.8 Å². The number of hydrogen-bond acceptors (Lipinski definition) is 6. The summed E-state index contributed by atoms with van der Waals surface area (Å²) in [6, 6.07) is 3.52. The van der Waals surface area contributed by atoms with Gasteiger partial charge >= 0.3 is 13.2 Å². The molecule has 1 aromatic carbocycles. The maximum atomic E-state index is 12.2. The number of amides is 1. The minimum Gasteiger partial charge on any atom is -0.444 e. The first kappa shape index (κ1) is 20.9. The van der Waals surface area contributed by atoms with Crippen LogP contribution < -0.4 is 10.4 Å². The molecule has 0 unspecified atom stereocenters. The highest BCUT2D eigenvalue weighted by Crippen LogP contribution is 2.23. The molecule has 1 fully saturated rings. The molecular formula is C17H26BN5O4. The highest BCUT2D eigenvalue weighted by atomic mass is 16.6. The van der Waals surface area contributed by atoms with Gasteiger partial charge < -0.3 is 24.6 Å². The molecule has 2 rings (SSSR count). The van der Waals surface area contributed by atoms with Gasteiger partial charge in [-0.05, 0) is 55.9 Å². The Morgan fingerprint density at radius 3 is 2.44 bits per heavy atom. The third-order valence-corrected chi connectivity index (χ3v) is 4.35. The molecule has 2 N–H and O–H groups in total. The summed E-state index contributed by atoms with van der Waals surface area (Å²) in [7, 11) is -1.61. The van der Waals surface area contributed by atoms with Gasteiger partial charge in [0.15, 0.2) is 0 Å². The van der Waals surface area contributed by atoms with Crippen LogP contribution in [0.15, 0.2) is 17.2 Å². The van der Waals surface area contributed by atoms with Crippen LogP contribution >= 0.6 is 0 Å². The minimum absolute atomic E-state index is 0.126. The molecule has 146 valence electrons. The number of carbonyl (C=O) groups is 1. The molecule has 9 nitrogen and oxygen atoms in total. The van der Waals surface area contributed by atoms with E-state index in [1.807, 2.05) is 33.8 Å². The minimum atomic E-state index is -1.61. The van der Waals surface area contributed by atoms with Gasteiger partial charge in [-0.3, -0.25) is 0 Å². The molecule has 0 spiro atoms. The number of anilines is 1. The van der Waals surface area contributed by atoms with E-state index in [0.717, 1.165) is 11.3 Å². The Bertz CT molecular complexity index is 736. The number of benzene rings is 1. The van der Waals surface area contributed by atoms with E-state index in [9.17, 15) is 14.8 Å². The number of ether oxygens (including phenoxy) is 1. The Balaban J connectivity index is 2.18. The summed E-state index contributed by atoms with van der Waals surface area (Å²) in [5.74, 6) is 0. The van der Waals surface area contributed by atoms with E-state index in [4.69, 9.17) is 10.3 Å². The number of nitrogens with zero attached hydrogens (tertiary/aromatic N) is 5. The normalized spacial score (nSPS) is 14.6. The summed E-state index contributed by atoms with van der Waals surface area (Å²) in [5, 5.41) is 22.9. The lowest BCUT2D eigenvalue weighted by molar-refractivity contribution is 0.0240. The zero-order valence-corrected chi connectivity index (χ0v) is 16.2. The van der Waals surface area contributed by atoms with Crippen molar-refractivity contribution in [2.45, 2.75) is 39.8 Å². The first-order chi connectivity index (χ1) is 12.6. The Morgan fingerprint density at radius 1 is 1.30 bits per heavy atom. The van der Waals surface area contributed by atoms with Gasteiger partial charge in [0.05, 0.1) is 6.54 Å². The van der Waals surface area contributed by atoms with E-state index in [1.165, 1.54) is 0 Å². The van der Waals surface area contributed by atoms with Crippen molar-refractivity contribution in [3.05, 3.63) is 33.7 Å². The molecule has 1 aliphatic heterocycles. The zero-order valence-electron chi connectivity index (χ0n) is 16.2. The van der Waals surface area contributed by atoms with Crippen LogP contribution in [0.2, 0.25) is 0 Å². The number of carbonyl (C=O) groups excluding carboxylic acids is 1. The van der Waals surface area contributed by atoms with Crippen LogP contribution in [0, 0.1) is 6.92 Å². The SMILES string of the molecule is Cc1c(B(O)O)cc(CN=[N+]=[N-])cc1N1CCN(C(=O)OC(C)(C)C)CC1. The first-order valence-electron chi connectivity index (χ1n) is 8.85. The molecule has 0 bridgehead atoms. The average Bonchev–Trinajstić information content (AvgIpc) is 2.59. The second-order valence-corrected chi connectivity index (χ2v) is 7.55. The molecule has 0 saturated carbocycles. The molecule has 0 aromatic heterocycles. The summed E-state index contributed by atoms with van der Waals surface area (Å²) >= 11 is 0. The van der Waals surface area contributed by atoms with Crippen LogP contribution in [0.5, 0.6) is 0 Å². The lowest BCUT2D eigenvalue weighted by atomic mass is 9.76. The van der Waals surface area contributed by atoms with Crippen molar-refractivity contribution in [3.63, 3.8) is 0 Å². The number of rotatable bonds is 4. The Morgan fingerprint density at radius 2 is 1.93 bits per heavy atom. The second kappa shape index (κ2) is 8.52. The fraction of sp³-hybridized carbons (Fsp3) is 0.588. The third kappa shape index (κ3) is 5.53. The topological polar surface area (TPSA) is 122 Å². The van der Waals surface area contributed by atoms with Crippen LogP contribution in [-0.4, -0.2) is 59.9 Å². The standard InChI is InChI=1S/C17H26BN5O4/c1-12-14(18(25)26)9-13(11-20-21-19)10-15(12)22-5-7-23(8-6-22)16(24)27-17(2,3)4/h9-10,25-26H,5-8,11H2,1-4H3. The molecule has 0 radical (unpaired) electrons. The molecule has 1 saturated heterocycles. The van der Waals surface area contributed by atoms with Crippen molar-refractivity contribution in [2.75, 3.05) is 31.1 Å². The van der Waals surface area contributed by atoms with Gasteiger partial charge in [-0.1, -0.05) is 11.2 Å². The Labute approximate surface area is 159 Å². The third-order valence-electron chi connectivity index (χ3n) is 4.35. The molecule has 1 aromatic rings. The first-order valence-corrected chi connectivity index (χ1v) is 8.85. The summed E-state index contributed by atoms with van der Waals surface area (Å²) in [6.45, 7) is 9.64. The van der Waals surface area contributed by atoms with Gasteiger partial charge in [-0.15, -0.1) is 0 Å². The summed E-state index contributed by atoms with van der Waals surface area (Å²) in [5.41, 5.74) is 10.7. The van der Waals surface area contributed by atoms with E-state index in [2.05, 4.69) is 14.9 Å². The Hall–Kier alpha value is -2.42. The highest BCUT2D eigenvalue weighted by Gasteiger charge is 2.27. The fourth-order valence-electron chi connectivity index (χ4n) is 3.04. The van der Waals surface area contributed by atoms with E-state index in [-0.39, 0.29) is 12.6 Å². The summed E-state index contributed by atoms with van der Waals surface area (Å²) in [6.07, 6.45) is -0.331. The van der Waals surface area contributed by atoms with Gasteiger partial charge in [-0.2, -0.15) is 0 Å². The van der Waals surface area contributed by atoms with Crippen molar-refractivity contribution >= 4 is 24.4 Å². The zero-order chi connectivity index (χ0) is 20.2. The van der Waals surface area contributed by atoms with E-state index >= 15 is 0 Å². The second-order valence-electron chi connectivity index (χ2n) is 7.55. The van der Waals surface area contributed by atoms with Gasteiger partial charge in [0.25, 0.3) is 0 Å². The summed E-state index contributed by atoms with van der Waals surface area (Å²) < 4.78 is 5.41. The molecule has 10 heteroatoms. The quantitative estimate of drug-likeness (QED) is 0.358. The molecule has 1 aliphatic rings. The molecule has 1 heterocycles. The predicted octanol–water partition coefficient (Wildman–Crippen LogP) is 1.54. The van der Waals surface area contributed by atoms with Crippen molar-refractivity contribution in [1.29, 1.82) is 0 Å². The van der Waals surface area contributed by atoms with Crippen LogP contribution in [0.3, 0.4) is 0 Å². The van der Waals surface area contributed by atoms with Gasteiger partial charge in [0.2, 0.25) is 0 Å². The maximum absolute atomic E-state index is 12.2. The van der Waals surface area contributed by atoms with Crippen molar-refractivity contribution in [2.24, 2.45) is 5.11 Å². The van der Waals surface area contributed by atoms with Crippen molar-refractivity contribution in [1.82, 2.24) is 4.90 Å². The molecule has 0 atom stereocenters. The molecule has 1 amide bonds. The summed E-state index contributed by atoms with van der Waals surface area (Å²) in [4.78, 5) is 18.7. The number of azide groups is 1. The van der Waals surface area contributed by atoms with E-state index in [0.29, 0.717) is 37.2 Å². The van der Waals surface area contributed by atoms with Gasteiger partial charge in [0.1, 0.15) is 5.60 Å². The van der Waals surface area contributed by atoms with Gasteiger partial charge in [-0.25, -0.2) is 4.79 Å². The van der Waals surface area contributed by atoms with E-state index < -0.39 is 12.7 Å². The molecule has 0 aliphatic carbocycles. The van der Waals surface area contributed by atoms with E-state index in [1.54, 1.807) is 11.0 Å². The predicted molar refractivity (Wildman–Crippen MR) is 104 cm³/mol. The Kier molecular flexibility index (Phi) is 6.59. The molecule has 27 heavy (non-hydrogen) atoms. The highest BCUT2D eigenvalue weighted by molar-refractivity contribution is 6.59. The monoisotopic (exact) mass is 375 g/mol. The number of hydrogen-bond donors (Lipinski definition) is 2. The number of piperazine rings is 1. The van der Waals surface area contributed by atoms with Crippen LogP contribution in [-0.2, 0) is 11.3 Å². The average molecular weight is 375 g/mol. The van der Waals surface area contributed by atoms with Crippen LogP contribution in [0.25, 0.3) is 10.4 Å². The fourth-order valence-corrected chi connectivity index (χ4v) is 3.04. The lowest BCUT2D eigenvalue weighted by Crippen LogP contribution is -2.50. The largest absolute Gasteiger partial charge is 0.488 e. The van der Waals surface area contributed by atoms with Crippen LogP contribution in [0.1, 0.15) is 31.9 Å².